The van der Waals surface area contributed by atoms with Crippen molar-refractivity contribution in [1.29, 1.82) is 0 Å². The van der Waals surface area contributed by atoms with Crippen molar-refractivity contribution >= 4 is 29.5 Å². The molecular formula is C18H26N2O4S. The molecule has 0 bridgehead atoms. The first-order valence-electron chi connectivity index (χ1n) is 8.45. The van der Waals surface area contributed by atoms with E-state index in [-0.39, 0.29) is 11.8 Å². The summed E-state index contributed by atoms with van der Waals surface area (Å²) in [6.07, 6.45) is 0.969. The maximum absolute atomic E-state index is 12.3. The highest BCUT2D eigenvalue weighted by molar-refractivity contribution is 8.00. The number of hydrogen-bond donors (Lipinski definition) is 2. The molecule has 0 radical (unpaired) electrons. The van der Waals surface area contributed by atoms with Gasteiger partial charge in [0, 0.05) is 31.0 Å². The first-order chi connectivity index (χ1) is 11.9. The van der Waals surface area contributed by atoms with Crippen molar-refractivity contribution in [3.63, 3.8) is 0 Å². The van der Waals surface area contributed by atoms with Gasteiger partial charge in [0.05, 0.1) is 5.56 Å². The zero-order valence-electron chi connectivity index (χ0n) is 14.9. The minimum Gasteiger partial charge on any atom is -0.480 e. The van der Waals surface area contributed by atoms with E-state index in [2.05, 4.69) is 5.32 Å². The van der Waals surface area contributed by atoms with Crippen LogP contribution in [0, 0.1) is 0 Å². The zero-order valence-corrected chi connectivity index (χ0v) is 15.8. The van der Waals surface area contributed by atoms with Crippen LogP contribution in [0.1, 0.15) is 44.0 Å². The number of hydrogen-bond acceptors (Lipinski definition) is 4. The highest BCUT2D eigenvalue weighted by Gasteiger charge is 2.17. The van der Waals surface area contributed by atoms with E-state index in [9.17, 15) is 14.4 Å². The van der Waals surface area contributed by atoms with Crippen molar-refractivity contribution in [2.75, 3.05) is 19.6 Å². The number of rotatable bonds is 10. The van der Waals surface area contributed by atoms with Crippen LogP contribution in [-0.2, 0) is 9.59 Å². The van der Waals surface area contributed by atoms with Crippen molar-refractivity contribution in [2.24, 2.45) is 0 Å². The Morgan fingerprint density at radius 1 is 1.20 bits per heavy atom. The van der Waals surface area contributed by atoms with E-state index >= 15 is 0 Å². The molecule has 0 aliphatic heterocycles. The topological polar surface area (TPSA) is 86.7 Å². The average Bonchev–Trinajstić information content (AvgIpc) is 2.60. The Balaban J connectivity index is 2.55. The van der Waals surface area contributed by atoms with Gasteiger partial charge in [0.1, 0.15) is 5.25 Å². The van der Waals surface area contributed by atoms with Crippen LogP contribution in [0.5, 0.6) is 0 Å². The molecule has 1 aromatic rings. The number of benzene rings is 1. The summed E-state index contributed by atoms with van der Waals surface area (Å²) in [4.78, 5) is 37.7. The third-order valence-electron chi connectivity index (χ3n) is 3.75. The van der Waals surface area contributed by atoms with E-state index in [0.29, 0.717) is 42.9 Å². The lowest BCUT2D eigenvalue weighted by atomic mass is 10.2. The molecule has 0 spiro atoms. The Morgan fingerprint density at radius 2 is 1.84 bits per heavy atom. The van der Waals surface area contributed by atoms with Crippen molar-refractivity contribution in [3.05, 3.63) is 29.8 Å². The van der Waals surface area contributed by atoms with E-state index < -0.39 is 11.2 Å². The first-order valence-corrected chi connectivity index (χ1v) is 9.33. The van der Waals surface area contributed by atoms with Gasteiger partial charge in [-0.2, -0.15) is 0 Å². The number of carboxylic acids is 1. The summed E-state index contributed by atoms with van der Waals surface area (Å²) in [6.45, 7) is 7.24. The molecule has 138 valence electrons. The van der Waals surface area contributed by atoms with Crippen LogP contribution < -0.4 is 5.32 Å². The van der Waals surface area contributed by atoms with Crippen LogP contribution >= 0.6 is 11.8 Å². The van der Waals surface area contributed by atoms with Gasteiger partial charge in [0.2, 0.25) is 5.91 Å². The average molecular weight is 366 g/mol. The fraction of sp³-hybridized carbons (Fsp3) is 0.500. The molecule has 0 saturated heterocycles. The molecular weight excluding hydrogens is 340 g/mol. The number of carbonyl (C=O) groups is 3. The SMILES string of the molecule is CCN(CC)C(=O)CCCNC(=O)c1ccccc1SC(C)C(=O)O. The van der Waals surface area contributed by atoms with E-state index in [1.807, 2.05) is 13.8 Å². The normalized spacial score (nSPS) is 11.6. The minimum atomic E-state index is -0.921. The van der Waals surface area contributed by atoms with Crippen LogP contribution in [0.4, 0.5) is 0 Å². The van der Waals surface area contributed by atoms with Gasteiger partial charge >= 0.3 is 5.97 Å². The Bertz CT molecular complexity index is 602. The molecule has 0 aliphatic rings. The van der Waals surface area contributed by atoms with E-state index in [1.165, 1.54) is 0 Å². The second-order valence-corrected chi connectivity index (χ2v) is 6.90. The third kappa shape index (κ3) is 6.78. The van der Waals surface area contributed by atoms with Crippen LogP contribution in [0.2, 0.25) is 0 Å². The standard InChI is InChI=1S/C18H26N2O4S/c1-4-20(5-2)16(21)11-8-12-19-17(22)14-9-6-7-10-15(14)25-13(3)18(23)24/h6-7,9-10,13H,4-5,8,11-12H2,1-3H3,(H,19,22)(H,23,24). The predicted molar refractivity (Wildman–Crippen MR) is 98.9 cm³/mol. The first kappa shape index (κ1) is 21.0. The maximum Gasteiger partial charge on any atom is 0.316 e. The van der Waals surface area contributed by atoms with E-state index in [4.69, 9.17) is 5.11 Å². The Morgan fingerprint density at radius 3 is 2.44 bits per heavy atom. The minimum absolute atomic E-state index is 0.0884. The smallest absolute Gasteiger partial charge is 0.316 e. The molecule has 0 fully saturated rings. The van der Waals surface area contributed by atoms with Crippen LogP contribution in [0.15, 0.2) is 29.2 Å². The third-order valence-corrected chi connectivity index (χ3v) is 4.92. The lowest BCUT2D eigenvalue weighted by molar-refractivity contribution is -0.136. The number of nitrogens with one attached hydrogen (secondary N) is 1. The van der Waals surface area contributed by atoms with Gasteiger partial charge in [-0.3, -0.25) is 14.4 Å². The summed E-state index contributed by atoms with van der Waals surface area (Å²) in [6, 6.07) is 6.93. The van der Waals surface area contributed by atoms with Crippen molar-refractivity contribution in [1.82, 2.24) is 10.2 Å². The van der Waals surface area contributed by atoms with Gasteiger partial charge in [-0.15, -0.1) is 11.8 Å². The molecule has 0 aliphatic carbocycles. The molecule has 0 aromatic heterocycles. The molecule has 1 rings (SSSR count). The summed E-state index contributed by atoms with van der Waals surface area (Å²) in [5.41, 5.74) is 0.454. The molecule has 1 aromatic carbocycles. The van der Waals surface area contributed by atoms with Crippen LogP contribution in [0.25, 0.3) is 0 Å². The summed E-state index contributed by atoms with van der Waals surface area (Å²) in [5, 5.41) is 11.2. The Hall–Kier alpha value is -2.02. The lowest BCUT2D eigenvalue weighted by Gasteiger charge is -2.18. The van der Waals surface area contributed by atoms with E-state index in [1.54, 1.807) is 36.1 Å². The lowest BCUT2D eigenvalue weighted by Crippen LogP contribution is -2.31. The van der Waals surface area contributed by atoms with Crippen LogP contribution in [0.3, 0.4) is 0 Å². The Kier molecular flexibility index (Phi) is 9.05. The molecule has 6 nitrogen and oxygen atoms in total. The largest absolute Gasteiger partial charge is 0.480 e. The number of nitrogens with zero attached hydrogens (tertiary/aromatic N) is 1. The number of aliphatic carboxylic acids is 1. The highest BCUT2D eigenvalue weighted by Crippen LogP contribution is 2.26. The molecule has 1 unspecified atom stereocenters. The monoisotopic (exact) mass is 366 g/mol. The number of carboxylic acid groups (broad SMARTS) is 1. The second-order valence-electron chi connectivity index (χ2n) is 5.52. The molecule has 0 heterocycles. The summed E-state index contributed by atoms with van der Waals surface area (Å²) < 4.78 is 0. The van der Waals surface area contributed by atoms with Gasteiger partial charge in [0.15, 0.2) is 0 Å². The molecule has 25 heavy (non-hydrogen) atoms. The van der Waals surface area contributed by atoms with E-state index in [0.717, 1.165) is 11.8 Å². The van der Waals surface area contributed by atoms with Gasteiger partial charge in [0.25, 0.3) is 5.91 Å². The fourth-order valence-corrected chi connectivity index (χ4v) is 3.20. The Labute approximate surface area is 153 Å². The maximum atomic E-state index is 12.3. The molecule has 7 heteroatoms. The summed E-state index contributed by atoms with van der Waals surface area (Å²) in [5.74, 6) is -1.09. The summed E-state index contributed by atoms with van der Waals surface area (Å²) in [7, 11) is 0. The van der Waals surface area contributed by atoms with Crippen molar-refractivity contribution < 1.29 is 19.5 Å². The highest BCUT2D eigenvalue weighted by atomic mass is 32.2. The molecule has 2 N–H and O–H groups in total. The van der Waals surface area contributed by atoms with Crippen LogP contribution in [-0.4, -0.2) is 52.7 Å². The quantitative estimate of drug-likeness (QED) is 0.491. The van der Waals surface area contributed by atoms with Crippen molar-refractivity contribution in [2.45, 2.75) is 43.8 Å². The zero-order chi connectivity index (χ0) is 18.8. The fourth-order valence-electron chi connectivity index (χ4n) is 2.27. The molecule has 1 atom stereocenters. The number of amides is 2. The van der Waals surface area contributed by atoms with Gasteiger partial charge in [-0.05, 0) is 39.3 Å². The van der Waals surface area contributed by atoms with Gasteiger partial charge < -0.3 is 15.3 Å². The summed E-state index contributed by atoms with van der Waals surface area (Å²) >= 11 is 1.14. The number of carbonyl (C=O) groups excluding carboxylic acids is 2. The second kappa shape index (κ2) is 10.8. The van der Waals surface area contributed by atoms with Crippen molar-refractivity contribution in [3.8, 4) is 0 Å². The van der Waals surface area contributed by atoms with Gasteiger partial charge in [-0.25, -0.2) is 0 Å². The number of thioether (sulfide) groups is 1. The molecule has 0 saturated carbocycles. The molecule has 2 amide bonds. The van der Waals surface area contributed by atoms with Gasteiger partial charge in [-0.1, -0.05) is 12.1 Å². The predicted octanol–water partition coefficient (Wildman–Crippen LogP) is 2.63.